The maximum absolute atomic E-state index is 12.7. The van der Waals surface area contributed by atoms with Crippen molar-refractivity contribution in [3.05, 3.63) is 15.8 Å². The highest BCUT2D eigenvalue weighted by molar-refractivity contribution is 7.89. The summed E-state index contributed by atoms with van der Waals surface area (Å²) < 4.78 is 33.7. The molecule has 2 atom stereocenters. The van der Waals surface area contributed by atoms with Crippen molar-refractivity contribution in [2.75, 3.05) is 6.61 Å². The maximum Gasteiger partial charge on any atom is 0.242 e. The van der Waals surface area contributed by atoms with Gasteiger partial charge in [0.25, 0.3) is 0 Å². The van der Waals surface area contributed by atoms with Gasteiger partial charge in [0, 0.05) is 24.1 Å². The van der Waals surface area contributed by atoms with E-state index in [1.807, 2.05) is 19.2 Å². The minimum absolute atomic E-state index is 0.0632. The van der Waals surface area contributed by atoms with Crippen LogP contribution in [0.25, 0.3) is 0 Å². The summed E-state index contributed by atoms with van der Waals surface area (Å²) in [4.78, 5) is 1.36. The summed E-state index contributed by atoms with van der Waals surface area (Å²) in [7, 11) is -3.48. The van der Waals surface area contributed by atoms with Gasteiger partial charge in [-0.05, 0) is 44.1 Å². The van der Waals surface area contributed by atoms with E-state index in [-0.39, 0.29) is 12.1 Å². The fourth-order valence-corrected chi connectivity index (χ4v) is 5.74. The van der Waals surface area contributed by atoms with Crippen LogP contribution < -0.4 is 10.0 Å². The van der Waals surface area contributed by atoms with Crippen LogP contribution in [-0.2, 0) is 21.3 Å². The van der Waals surface area contributed by atoms with Crippen molar-refractivity contribution in [2.24, 2.45) is 0 Å². The van der Waals surface area contributed by atoms with Gasteiger partial charge in [-0.2, -0.15) is 0 Å². The summed E-state index contributed by atoms with van der Waals surface area (Å²) in [5.41, 5.74) is 0.826. The highest BCUT2D eigenvalue weighted by Gasteiger charge is 2.32. The van der Waals surface area contributed by atoms with Gasteiger partial charge in [-0.25, -0.2) is 13.1 Å². The van der Waals surface area contributed by atoms with Crippen LogP contribution >= 0.6 is 11.3 Å². The number of aryl methyl sites for hydroxylation is 1. The molecule has 1 aromatic rings. The van der Waals surface area contributed by atoms with Crippen LogP contribution in [-0.4, -0.2) is 33.2 Å². The molecule has 0 bridgehead atoms. The van der Waals surface area contributed by atoms with Crippen molar-refractivity contribution in [1.29, 1.82) is 0 Å². The predicted octanol–water partition coefficient (Wildman–Crippen LogP) is 1.76. The molecular weight excluding hydrogens is 308 g/mol. The number of sulfonamides is 1. The smallest absolute Gasteiger partial charge is 0.242 e. The van der Waals surface area contributed by atoms with Gasteiger partial charge in [-0.15, -0.1) is 11.3 Å². The standard InChI is InChI=1S/C14H22N2O3S2/c1-9-8-20-13(7-15-11-3-4-11)14(9)21(17,18)16-12-5-6-19-10(12)2/h8,10-12,15-16H,3-7H2,1-2H3. The van der Waals surface area contributed by atoms with Gasteiger partial charge < -0.3 is 10.1 Å². The van der Waals surface area contributed by atoms with E-state index in [1.165, 1.54) is 24.2 Å². The zero-order chi connectivity index (χ0) is 15.0. The highest BCUT2D eigenvalue weighted by Crippen LogP contribution is 2.29. The number of hydrogen-bond acceptors (Lipinski definition) is 5. The van der Waals surface area contributed by atoms with Crippen molar-refractivity contribution < 1.29 is 13.2 Å². The number of thiophene rings is 1. The highest BCUT2D eigenvalue weighted by atomic mass is 32.2. The molecule has 1 aromatic heterocycles. The predicted molar refractivity (Wildman–Crippen MR) is 83.1 cm³/mol. The minimum Gasteiger partial charge on any atom is -0.377 e. The molecule has 2 unspecified atom stereocenters. The molecule has 2 fully saturated rings. The molecule has 0 aromatic carbocycles. The Bertz CT molecular complexity index is 608. The molecule has 118 valence electrons. The van der Waals surface area contributed by atoms with E-state index >= 15 is 0 Å². The summed E-state index contributed by atoms with van der Waals surface area (Å²) in [5, 5.41) is 5.32. The van der Waals surface area contributed by atoms with Gasteiger partial charge in [-0.1, -0.05) is 0 Å². The van der Waals surface area contributed by atoms with Gasteiger partial charge in [0.15, 0.2) is 0 Å². The number of rotatable bonds is 6. The van der Waals surface area contributed by atoms with Crippen molar-refractivity contribution in [1.82, 2.24) is 10.0 Å². The van der Waals surface area contributed by atoms with E-state index in [1.54, 1.807) is 0 Å². The molecule has 2 N–H and O–H groups in total. The second-order valence-corrected chi connectivity index (χ2v) is 8.53. The molecular formula is C14H22N2O3S2. The van der Waals surface area contributed by atoms with Crippen LogP contribution in [0.5, 0.6) is 0 Å². The van der Waals surface area contributed by atoms with Gasteiger partial charge in [0.2, 0.25) is 10.0 Å². The summed E-state index contributed by atoms with van der Waals surface area (Å²) in [6.07, 6.45) is 3.06. The topological polar surface area (TPSA) is 67.4 Å². The van der Waals surface area contributed by atoms with Crippen LogP contribution in [0.1, 0.15) is 36.6 Å². The molecule has 0 amide bonds. The first-order valence-electron chi connectivity index (χ1n) is 7.41. The lowest BCUT2D eigenvalue weighted by Crippen LogP contribution is -2.39. The minimum atomic E-state index is -3.48. The Hall–Kier alpha value is -0.470. The molecule has 1 aliphatic heterocycles. The van der Waals surface area contributed by atoms with Crippen LogP contribution in [0.2, 0.25) is 0 Å². The molecule has 1 aliphatic carbocycles. The van der Waals surface area contributed by atoms with Crippen molar-refractivity contribution in [3.8, 4) is 0 Å². The third kappa shape index (κ3) is 3.48. The lowest BCUT2D eigenvalue weighted by Gasteiger charge is -2.17. The number of nitrogens with one attached hydrogen (secondary N) is 2. The molecule has 7 heteroatoms. The Morgan fingerprint density at radius 1 is 1.38 bits per heavy atom. The molecule has 3 rings (SSSR count). The molecule has 5 nitrogen and oxygen atoms in total. The maximum atomic E-state index is 12.7. The Morgan fingerprint density at radius 3 is 2.76 bits per heavy atom. The molecule has 0 spiro atoms. The molecule has 2 heterocycles. The normalized spacial score (nSPS) is 26.4. The molecule has 1 saturated carbocycles. The number of ether oxygens (including phenoxy) is 1. The van der Waals surface area contributed by atoms with Gasteiger partial charge >= 0.3 is 0 Å². The fraction of sp³-hybridized carbons (Fsp3) is 0.714. The van der Waals surface area contributed by atoms with E-state index in [0.717, 1.165) is 16.9 Å². The largest absolute Gasteiger partial charge is 0.377 e. The summed E-state index contributed by atoms with van der Waals surface area (Å²) >= 11 is 1.52. The quantitative estimate of drug-likeness (QED) is 0.834. The van der Waals surface area contributed by atoms with Gasteiger partial charge in [0.05, 0.1) is 12.1 Å². The first kappa shape index (κ1) is 15.4. The van der Waals surface area contributed by atoms with Crippen LogP contribution in [0.4, 0.5) is 0 Å². The van der Waals surface area contributed by atoms with Crippen LogP contribution in [0.3, 0.4) is 0 Å². The monoisotopic (exact) mass is 330 g/mol. The van der Waals surface area contributed by atoms with Crippen molar-refractivity contribution in [3.63, 3.8) is 0 Å². The summed E-state index contributed by atoms with van der Waals surface area (Å²) in [6, 6.07) is 0.442. The Balaban J connectivity index is 1.78. The average Bonchev–Trinajstić information content (AvgIpc) is 3.06. The number of hydrogen-bond donors (Lipinski definition) is 2. The second-order valence-electron chi connectivity index (χ2n) is 5.92. The second kappa shape index (κ2) is 5.96. The molecule has 2 aliphatic rings. The third-order valence-corrected chi connectivity index (χ3v) is 7.02. The van der Waals surface area contributed by atoms with E-state index in [9.17, 15) is 8.42 Å². The van der Waals surface area contributed by atoms with Crippen LogP contribution in [0.15, 0.2) is 10.3 Å². The first-order chi connectivity index (χ1) is 9.97. The lowest BCUT2D eigenvalue weighted by atomic mass is 10.2. The molecule has 1 saturated heterocycles. The van der Waals surface area contributed by atoms with E-state index in [0.29, 0.717) is 24.1 Å². The fourth-order valence-electron chi connectivity index (χ4n) is 2.64. The zero-order valence-corrected chi connectivity index (χ0v) is 14.0. The lowest BCUT2D eigenvalue weighted by molar-refractivity contribution is 0.117. The van der Waals surface area contributed by atoms with Crippen molar-refractivity contribution in [2.45, 2.75) is 62.7 Å². The zero-order valence-electron chi connectivity index (χ0n) is 12.4. The van der Waals surface area contributed by atoms with Gasteiger partial charge in [-0.3, -0.25) is 0 Å². The third-order valence-electron chi connectivity index (χ3n) is 4.07. The Labute approximate surface area is 130 Å². The summed E-state index contributed by atoms with van der Waals surface area (Å²) in [5.74, 6) is 0. The summed E-state index contributed by atoms with van der Waals surface area (Å²) in [6.45, 7) is 5.03. The van der Waals surface area contributed by atoms with Crippen molar-refractivity contribution >= 4 is 21.4 Å². The molecule has 0 radical (unpaired) electrons. The Kier molecular flexibility index (Phi) is 4.38. The van der Waals surface area contributed by atoms with Crippen LogP contribution in [0, 0.1) is 6.92 Å². The first-order valence-corrected chi connectivity index (χ1v) is 9.78. The van der Waals surface area contributed by atoms with E-state index in [4.69, 9.17) is 4.74 Å². The Morgan fingerprint density at radius 2 is 2.14 bits per heavy atom. The van der Waals surface area contributed by atoms with Gasteiger partial charge in [0.1, 0.15) is 4.90 Å². The van der Waals surface area contributed by atoms with E-state index in [2.05, 4.69) is 10.0 Å². The average molecular weight is 330 g/mol. The molecule has 21 heavy (non-hydrogen) atoms. The SMILES string of the molecule is Cc1csc(CNC2CC2)c1S(=O)(=O)NC1CCOC1C. The van der Waals surface area contributed by atoms with E-state index < -0.39 is 10.0 Å².